The van der Waals surface area contributed by atoms with E-state index < -0.39 is 15.8 Å². The van der Waals surface area contributed by atoms with Crippen molar-refractivity contribution in [3.05, 3.63) is 52.0 Å². The van der Waals surface area contributed by atoms with Gasteiger partial charge in [-0.25, -0.2) is 17.5 Å². The van der Waals surface area contributed by atoms with E-state index in [2.05, 4.69) is 4.72 Å². The van der Waals surface area contributed by atoms with Gasteiger partial charge in [0.15, 0.2) is 0 Å². The van der Waals surface area contributed by atoms with Crippen LogP contribution in [0.4, 0.5) is 4.39 Å². The number of rotatable bonds is 6. The number of hydrogen-bond acceptors (Lipinski definition) is 4. The second-order valence-corrected chi connectivity index (χ2v) is 7.06. The molecule has 114 valence electrons. The highest BCUT2D eigenvalue weighted by atomic mass is 32.2. The van der Waals surface area contributed by atoms with E-state index in [9.17, 15) is 12.8 Å². The van der Waals surface area contributed by atoms with Crippen LogP contribution in [-0.4, -0.2) is 22.1 Å². The van der Waals surface area contributed by atoms with Gasteiger partial charge >= 0.3 is 0 Å². The van der Waals surface area contributed by atoms with Gasteiger partial charge in [-0.3, -0.25) is 0 Å². The molecule has 7 heteroatoms. The Labute approximate surface area is 127 Å². The van der Waals surface area contributed by atoms with Crippen LogP contribution in [0.25, 0.3) is 0 Å². The smallest absolute Gasteiger partial charge is 0.240 e. The highest BCUT2D eigenvalue weighted by Crippen LogP contribution is 2.20. The summed E-state index contributed by atoms with van der Waals surface area (Å²) in [5.41, 5.74) is 1.29. The molecule has 0 aliphatic rings. The minimum absolute atomic E-state index is 0.0732. The van der Waals surface area contributed by atoms with Gasteiger partial charge in [-0.2, -0.15) is 11.3 Å². The van der Waals surface area contributed by atoms with Crippen molar-refractivity contribution in [3.63, 3.8) is 0 Å². The van der Waals surface area contributed by atoms with E-state index in [-0.39, 0.29) is 17.5 Å². The molecule has 0 unspecified atom stereocenters. The second-order valence-electron chi connectivity index (χ2n) is 4.54. The predicted octanol–water partition coefficient (Wildman–Crippen LogP) is 2.86. The van der Waals surface area contributed by atoms with Crippen molar-refractivity contribution >= 4 is 21.4 Å². The van der Waals surface area contributed by atoms with Crippen LogP contribution in [0.15, 0.2) is 39.9 Å². The number of aryl methyl sites for hydroxylation is 1. The van der Waals surface area contributed by atoms with E-state index in [4.69, 9.17) is 4.74 Å². The van der Waals surface area contributed by atoms with Crippen molar-refractivity contribution in [3.8, 4) is 0 Å². The fraction of sp³-hybridized carbons (Fsp3) is 0.286. The van der Waals surface area contributed by atoms with Crippen molar-refractivity contribution < 1.29 is 17.5 Å². The first-order valence-corrected chi connectivity index (χ1v) is 8.67. The van der Waals surface area contributed by atoms with Gasteiger partial charge < -0.3 is 4.74 Å². The van der Waals surface area contributed by atoms with Gasteiger partial charge in [0.05, 0.1) is 11.0 Å². The average molecular weight is 329 g/mol. The van der Waals surface area contributed by atoms with Crippen molar-refractivity contribution in [1.82, 2.24) is 4.72 Å². The number of thiophene rings is 1. The highest BCUT2D eigenvalue weighted by Gasteiger charge is 2.20. The maximum Gasteiger partial charge on any atom is 0.240 e. The van der Waals surface area contributed by atoms with E-state index in [1.165, 1.54) is 30.6 Å². The number of ether oxygens (including phenoxy) is 1. The van der Waals surface area contributed by atoms with Gasteiger partial charge in [0.1, 0.15) is 5.82 Å². The molecule has 0 saturated heterocycles. The summed E-state index contributed by atoms with van der Waals surface area (Å²) in [5, 5.41) is 3.81. The van der Waals surface area contributed by atoms with Crippen LogP contribution >= 0.6 is 11.3 Å². The minimum atomic E-state index is -3.70. The summed E-state index contributed by atoms with van der Waals surface area (Å²) in [5.74, 6) is -0.459. The molecule has 2 aromatic rings. The first-order valence-electron chi connectivity index (χ1n) is 6.25. The standard InChI is InChI=1S/C14H16FNO3S2/c1-10-7-12(15)3-4-14(10)21(17,18)16-8-13(19-2)11-5-6-20-9-11/h3-7,9,13,16H,8H2,1-2H3/t13-/m1/s1. The lowest BCUT2D eigenvalue weighted by atomic mass is 10.2. The van der Waals surface area contributed by atoms with Crippen molar-refractivity contribution in [2.75, 3.05) is 13.7 Å². The molecule has 21 heavy (non-hydrogen) atoms. The van der Waals surface area contributed by atoms with Crippen LogP contribution < -0.4 is 4.72 Å². The molecule has 0 aliphatic carbocycles. The molecule has 1 heterocycles. The number of hydrogen-bond donors (Lipinski definition) is 1. The molecule has 0 bridgehead atoms. The summed E-state index contributed by atoms with van der Waals surface area (Å²) in [6.45, 7) is 1.68. The van der Waals surface area contributed by atoms with Gasteiger partial charge in [-0.1, -0.05) is 0 Å². The van der Waals surface area contributed by atoms with E-state index in [1.807, 2.05) is 16.8 Å². The van der Waals surface area contributed by atoms with Gasteiger partial charge in [-0.05, 0) is 53.1 Å². The van der Waals surface area contributed by atoms with Crippen LogP contribution in [-0.2, 0) is 14.8 Å². The summed E-state index contributed by atoms with van der Waals surface area (Å²) in [4.78, 5) is 0.0732. The molecule has 1 aromatic heterocycles. The molecule has 0 fully saturated rings. The number of benzene rings is 1. The Kier molecular flexibility index (Phi) is 5.10. The van der Waals surface area contributed by atoms with Gasteiger partial charge in [0.2, 0.25) is 10.0 Å². The Morgan fingerprint density at radius 2 is 2.14 bits per heavy atom. The highest BCUT2D eigenvalue weighted by molar-refractivity contribution is 7.89. The van der Waals surface area contributed by atoms with E-state index in [1.54, 1.807) is 6.92 Å². The molecular formula is C14H16FNO3S2. The predicted molar refractivity (Wildman–Crippen MR) is 80.4 cm³/mol. The molecular weight excluding hydrogens is 313 g/mol. The third kappa shape index (κ3) is 3.88. The molecule has 0 saturated carbocycles. The Balaban J connectivity index is 2.14. The Bertz CT molecular complexity index is 699. The fourth-order valence-corrected chi connectivity index (χ4v) is 3.93. The summed E-state index contributed by atoms with van der Waals surface area (Å²) < 4.78 is 45.4. The van der Waals surface area contributed by atoms with Crippen LogP contribution in [0, 0.1) is 12.7 Å². The zero-order chi connectivity index (χ0) is 15.5. The molecule has 2 rings (SSSR count). The summed E-state index contributed by atoms with van der Waals surface area (Å²) in [6, 6.07) is 5.48. The molecule has 0 radical (unpaired) electrons. The summed E-state index contributed by atoms with van der Waals surface area (Å²) >= 11 is 1.52. The molecule has 1 N–H and O–H groups in total. The Morgan fingerprint density at radius 1 is 1.38 bits per heavy atom. The van der Waals surface area contributed by atoms with Crippen molar-refractivity contribution in [1.29, 1.82) is 0 Å². The largest absolute Gasteiger partial charge is 0.375 e. The van der Waals surface area contributed by atoms with Crippen LogP contribution in [0.5, 0.6) is 0 Å². The lowest BCUT2D eigenvalue weighted by Crippen LogP contribution is -2.29. The first-order chi connectivity index (χ1) is 9.94. The van der Waals surface area contributed by atoms with Gasteiger partial charge in [0, 0.05) is 13.7 Å². The van der Waals surface area contributed by atoms with Crippen LogP contribution in [0.2, 0.25) is 0 Å². The molecule has 4 nitrogen and oxygen atoms in total. The average Bonchev–Trinajstić information content (AvgIpc) is 2.93. The zero-order valence-corrected chi connectivity index (χ0v) is 13.3. The van der Waals surface area contributed by atoms with Gasteiger partial charge in [0.25, 0.3) is 0 Å². The molecule has 0 spiro atoms. The van der Waals surface area contributed by atoms with Crippen LogP contribution in [0.3, 0.4) is 0 Å². The lowest BCUT2D eigenvalue weighted by Gasteiger charge is -2.16. The third-order valence-corrected chi connectivity index (χ3v) is 5.37. The quantitative estimate of drug-likeness (QED) is 0.886. The molecule has 0 aliphatic heterocycles. The maximum absolute atomic E-state index is 13.1. The number of halogens is 1. The number of nitrogens with one attached hydrogen (secondary N) is 1. The molecule has 0 amide bonds. The maximum atomic E-state index is 13.1. The van der Waals surface area contributed by atoms with Crippen molar-refractivity contribution in [2.45, 2.75) is 17.9 Å². The number of sulfonamides is 1. The lowest BCUT2D eigenvalue weighted by molar-refractivity contribution is 0.107. The van der Waals surface area contributed by atoms with Crippen molar-refractivity contribution in [2.24, 2.45) is 0 Å². The fourth-order valence-electron chi connectivity index (χ4n) is 1.97. The molecule has 1 aromatic carbocycles. The summed E-state index contributed by atoms with van der Waals surface area (Å²) in [7, 11) is -2.17. The zero-order valence-electron chi connectivity index (χ0n) is 11.7. The third-order valence-electron chi connectivity index (χ3n) is 3.08. The SMILES string of the molecule is CO[C@H](CNS(=O)(=O)c1ccc(F)cc1C)c1ccsc1. The topological polar surface area (TPSA) is 55.4 Å². The Morgan fingerprint density at radius 3 is 2.71 bits per heavy atom. The normalized spacial score (nSPS) is 13.3. The van der Waals surface area contributed by atoms with E-state index in [0.717, 1.165) is 11.6 Å². The Hall–Kier alpha value is -1.28. The van der Waals surface area contributed by atoms with E-state index >= 15 is 0 Å². The summed E-state index contributed by atoms with van der Waals surface area (Å²) in [6.07, 6.45) is -0.355. The molecule has 1 atom stereocenters. The second kappa shape index (κ2) is 6.65. The van der Waals surface area contributed by atoms with Gasteiger partial charge in [-0.15, -0.1) is 0 Å². The van der Waals surface area contributed by atoms with Crippen LogP contribution in [0.1, 0.15) is 17.2 Å². The monoisotopic (exact) mass is 329 g/mol. The first kappa shape index (κ1) is 16.1. The number of methoxy groups -OCH3 is 1. The van der Waals surface area contributed by atoms with E-state index in [0.29, 0.717) is 5.56 Å². The minimum Gasteiger partial charge on any atom is -0.375 e.